The van der Waals surface area contributed by atoms with Crippen LogP contribution in [0.2, 0.25) is 0 Å². The van der Waals surface area contributed by atoms with Crippen LogP contribution in [0, 0.1) is 0 Å². The van der Waals surface area contributed by atoms with Crippen LogP contribution in [-0.4, -0.2) is 24.5 Å². The summed E-state index contributed by atoms with van der Waals surface area (Å²) < 4.78 is 15.6. The second-order valence-corrected chi connectivity index (χ2v) is 5.10. The van der Waals surface area contributed by atoms with Gasteiger partial charge in [0.15, 0.2) is 0 Å². The van der Waals surface area contributed by atoms with Gasteiger partial charge in [-0.2, -0.15) is 0 Å². The average Bonchev–Trinajstić information content (AvgIpc) is 2.64. The molecular formula is C5H13N2O4P. The van der Waals surface area contributed by atoms with Gasteiger partial charge in [-0.3, -0.25) is 4.57 Å². The average molecular weight is 196 g/mol. The molecule has 0 aromatic rings. The number of hydrogen-bond acceptors (Lipinski definition) is 5. The Hall–Kier alpha value is -0.420. The van der Waals surface area contributed by atoms with E-state index in [9.17, 15) is 14.5 Å². The first kappa shape index (κ1) is 11.6. The Labute approximate surface area is 70.1 Å². The normalized spacial score (nSPS) is 28.8. The van der Waals surface area contributed by atoms with Crippen molar-refractivity contribution in [3.05, 3.63) is 0 Å². The molecule has 6 N–H and O–H groups in total. The second-order valence-electron chi connectivity index (χ2n) is 2.51. The van der Waals surface area contributed by atoms with E-state index in [-0.39, 0.29) is 25.1 Å². The largest absolute Gasteiger partial charge is 0.548 e. The molecule has 1 saturated heterocycles. The summed E-state index contributed by atoms with van der Waals surface area (Å²) in [6, 6.07) is -1.02. The number of hydrogen-bond donors (Lipinski definition) is 2. The molecule has 7 heteroatoms. The number of nitrogens with two attached hydrogens (primary N) is 1. The Balaban J connectivity index is 0.00000121. The molecule has 0 radical (unpaired) electrons. The molecule has 1 heterocycles. The quantitative estimate of drug-likeness (QED) is 0.443. The third-order valence-corrected chi connectivity index (χ3v) is 3.27. The fourth-order valence-corrected chi connectivity index (χ4v) is 2.09. The minimum atomic E-state index is -2.38. The Kier molecular flexibility index (Phi) is 3.86. The molecule has 12 heavy (non-hydrogen) atoms. The lowest BCUT2D eigenvalue weighted by Crippen LogP contribution is -2.42. The van der Waals surface area contributed by atoms with Gasteiger partial charge >= 0.3 is 0 Å². The topological polar surface area (TPSA) is 132 Å². The first-order chi connectivity index (χ1) is 5.03. The van der Waals surface area contributed by atoms with Gasteiger partial charge in [0.2, 0.25) is 7.37 Å². The van der Waals surface area contributed by atoms with Crippen LogP contribution < -0.4 is 17.0 Å². The standard InChI is InChI=1S/C5H10NO4P.H3N/c6-4(5(7)8)1-2-11(9)3-10-11;/h4H,1-3,6H2,(H,7,8);1H3. The molecule has 6 nitrogen and oxygen atoms in total. The number of carbonyl (C=O) groups is 1. The monoisotopic (exact) mass is 196 g/mol. The van der Waals surface area contributed by atoms with Gasteiger partial charge in [-0.05, 0) is 6.42 Å². The minimum absolute atomic E-state index is 0. The highest BCUT2D eigenvalue weighted by Crippen LogP contribution is 2.62. The predicted octanol–water partition coefficient (Wildman–Crippen LogP) is -0.904. The zero-order chi connectivity index (χ0) is 8.48. The molecule has 0 aromatic heterocycles. The molecule has 0 aliphatic carbocycles. The molecule has 1 fully saturated rings. The van der Waals surface area contributed by atoms with E-state index in [1.807, 2.05) is 0 Å². The van der Waals surface area contributed by atoms with E-state index in [1.165, 1.54) is 0 Å². The number of carboxylic acid groups (broad SMARTS) is 1. The van der Waals surface area contributed by atoms with E-state index in [2.05, 4.69) is 4.52 Å². The lowest BCUT2D eigenvalue weighted by atomic mass is 10.2. The van der Waals surface area contributed by atoms with E-state index >= 15 is 0 Å². The zero-order valence-electron chi connectivity index (χ0n) is 6.86. The molecule has 2 atom stereocenters. The summed E-state index contributed by atoms with van der Waals surface area (Å²) >= 11 is 0. The van der Waals surface area contributed by atoms with Gasteiger partial charge < -0.3 is 26.3 Å². The summed E-state index contributed by atoms with van der Waals surface area (Å²) in [5, 5.41) is 10.1. The Bertz CT molecular complexity index is 211. The molecule has 72 valence electrons. The molecule has 1 aliphatic rings. The Morgan fingerprint density at radius 2 is 2.25 bits per heavy atom. The first-order valence-corrected chi connectivity index (χ1v) is 5.22. The zero-order valence-corrected chi connectivity index (χ0v) is 7.75. The third kappa shape index (κ3) is 3.32. The van der Waals surface area contributed by atoms with Crippen LogP contribution in [0.15, 0.2) is 0 Å². The van der Waals surface area contributed by atoms with E-state index in [1.54, 1.807) is 0 Å². The summed E-state index contributed by atoms with van der Waals surface area (Å²) in [4.78, 5) is 10.1. The lowest BCUT2D eigenvalue weighted by Gasteiger charge is -2.10. The van der Waals surface area contributed by atoms with Gasteiger partial charge in [0.05, 0.1) is 5.97 Å². The molecule has 1 rings (SSSR count). The van der Waals surface area contributed by atoms with E-state index < -0.39 is 19.4 Å². The van der Waals surface area contributed by atoms with E-state index in [0.29, 0.717) is 0 Å². The van der Waals surface area contributed by atoms with Gasteiger partial charge in [-0.15, -0.1) is 0 Å². The summed E-state index contributed by atoms with van der Waals surface area (Å²) in [7, 11) is -2.38. The summed E-state index contributed by atoms with van der Waals surface area (Å²) in [6.07, 6.45) is 0.689. The van der Waals surface area contributed by atoms with Crippen molar-refractivity contribution >= 4 is 13.3 Å². The molecule has 0 saturated carbocycles. The predicted molar refractivity (Wildman–Crippen MR) is 42.0 cm³/mol. The van der Waals surface area contributed by atoms with Crippen molar-refractivity contribution in [2.45, 2.75) is 12.5 Å². The number of carboxylic acids is 1. The van der Waals surface area contributed by atoms with Crippen LogP contribution in [0.3, 0.4) is 0 Å². The fourth-order valence-electron chi connectivity index (χ4n) is 0.647. The highest BCUT2D eigenvalue weighted by Gasteiger charge is 2.37. The molecular weight excluding hydrogens is 183 g/mol. The summed E-state index contributed by atoms with van der Waals surface area (Å²) in [5.41, 5.74) is 5.11. The van der Waals surface area contributed by atoms with Crippen LogP contribution in [0.4, 0.5) is 0 Å². The van der Waals surface area contributed by atoms with Crippen LogP contribution in [0.1, 0.15) is 6.42 Å². The molecule has 0 bridgehead atoms. The summed E-state index contributed by atoms with van der Waals surface area (Å²) in [6.45, 7) is 0. The van der Waals surface area contributed by atoms with Gasteiger partial charge in [0.25, 0.3) is 0 Å². The molecule has 0 amide bonds. The van der Waals surface area contributed by atoms with Crippen molar-refractivity contribution < 1.29 is 19.0 Å². The van der Waals surface area contributed by atoms with Gasteiger partial charge in [-0.25, -0.2) is 0 Å². The maximum Gasteiger partial charge on any atom is 0.229 e. The van der Waals surface area contributed by atoms with Crippen LogP contribution in [-0.2, 0) is 13.9 Å². The van der Waals surface area contributed by atoms with Gasteiger partial charge in [-0.1, -0.05) is 0 Å². The fraction of sp³-hybridized carbons (Fsp3) is 0.800. The lowest BCUT2D eigenvalue weighted by molar-refractivity contribution is -0.307. The second kappa shape index (κ2) is 4.00. The smallest absolute Gasteiger partial charge is 0.229 e. The minimum Gasteiger partial charge on any atom is -0.548 e. The van der Waals surface area contributed by atoms with Crippen molar-refractivity contribution in [1.82, 2.24) is 6.15 Å². The SMILES string of the molecule is NC(CCP1(=O)CO1)C(=O)[O-].[NH4+]. The van der Waals surface area contributed by atoms with Gasteiger partial charge in [0.1, 0.15) is 6.35 Å². The van der Waals surface area contributed by atoms with Crippen molar-refractivity contribution in [2.75, 3.05) is 12.5 Å². The number of rotatable bonds is 4. The Morgan fingerprint density at radius 1 is 1.75 bits per heavy atom. The number of quaternary nitrogens is 1. The van der Waals surface area contributed by atoms with E-state index in [0.717, 1.165) is 0 Å². The third-order valence-electron chi connectivity index (χ3n) is 1.50. The highest BCUT2D eigenvalue weighted by atomic mass is 31.2. The highest BCUT2D eigenvalue weighted by molar-refractivity contribution is 7.64. The van der Waals surface area contributed by atoms with Crippen molar-refractivity contribution in [1.29, 1.82) is 0 Å². The summed E-state index contributed by atoms with van der Waals surface area (Å²) in [5.74, 6) is -1.31. The molecule has 0 aromatic carbocycles. The van der Waals surface area contributed by atoms with E-state index in [4.69, 9.17) is 5.73 Å². The van der Waals surface area contributed by atoms with Crippen molar-refractivity contribution in [3.8, 4) is 0 Å². The molecule has 2 unspecified atom stereocenters. The van der Waals surface area contributed by atoms with Crippen LogP contribution in [0.25, 0.3) is 0 Å². The van der Waals surface area contributed by atoms with Crippen LogP contribution in [0.5, 0.6) is 0 Å². The molecule has 1 aliphatic heterocycles. The maximum atomic E-state index is 11.0. The number of carbonyl (C=O) groups excluding carboxylic acids is 1. The van der Waals surface area contributed by atoms with Crippen molar-refractivity contribution in [3.63, 3.8) is 0 Å². The van der Waals surface area contributed by atoms with Crippen LogP contribution >= 0.6 is 7.37 Å². The van der Waals surface area contributed by atoms with Gasteiger partial charge in [0, 0.05) is 12.2 Å². The maximum absolute atomic E-state index is 11.0. The number of aliphatic carboxylic acids is 1. The Morgan fingerprint density at radius 3 is 2.58 bits per heavy atom. The van der Waals surface area contributed by atoms with Crippen molar-refractivity contribution in [2.24, 2.45) is 5.73 Å². The molecule has 0 spiro atoms. The first-order valence-electron chi connectivity index (χ1n) is 3.22.